The van der Waals surface area contributed by atoms with E-state index in [1.54, 1.807) is 6.26 Å². The Morgan fingerprint density at radius 2 is 2.12 bits per heavy atom. The van der Waals surface area contributed by atoms with E-state index in [0.29, 0.717) is 11.5 Å². The molecule has 1 unspecified atom stereocenters. The monoisotopic (exact) mass is 221 g/mol. The molecule has 1 heterocycles. The first kappa shape index (κ1) is 11.7. The summed E-state index contributed by atoms with van der Waals surface area (Å²) in [6.45, 7) is 7.99. The predicted octanol–water partition coefficient (Wildman–Crippen LogP) is 3.76. The van der Waals surface area contributed by atoms with Crippen LogP contribution >= 0.6 is 0 Å². The normalized spacial score (nSPS) is 20.0. The Morgan fingerprint density at radius 1 is 1.38 bits per heavy atom. The lowest BCUT2D eigenvalue weighted by Gasteiger charge is -2.21. The van der Waals surface area contributed by atoms with Crippen LogP contribution < -0.4 is 5.32 Å². The van der Waals surface area contributed by atoms with Crippen LogP contribution in [0.15, 0.2) is 23.0 Å². The van der Waals surface area contributed by atoms with Gasteiger partial charge in [0.15, 0.2) is 0 Å². The van der Waals surface area contributed by atoms with E-state index in [4.69, 9.17) is 4.42 Å². The largest absolute Gasteiger partial charge is 0.472 e. The van der Waals surface area contributed by atoms with Crippen molar-refractivity contribution in [2.75, 3.05) is 6.54 Å². The maximum absolute atomic E-state index is 5.11. The van der Waals surface area contributed by atoms with E-state index in [9.17, 15) is 0 Å². The molecule has 16 heavy (non-hydrogen) atoms. The summed E-state index contributed by atoms with van der Waals surface area (Å²) in [6, 6.07) is 2.45. The van der Waals surface area contributed by atoms with Crippen molar-refractivity contribution in [3.05, 3.63) is 24.2 Å². The highest BCUT2D eigenvalue weighted by molar-refractivity contribution is 5.10. The zero-order valence-electron chi connectivity index (χ0n) is 10.6. The van der Waals surface area contributed by atoms with Gasteiger partial charge in [0.2, 0.25) is 0 Å². The summed E-state index contributed by atoms with van der Waals surface area (Å²) < 4.78 is 5.11. The Morgan fingerprint density at radius 3 is 2.62 bits per heavy atom. The topological polar surface area (TPSA) is 25.2 Å². The SMILES string of the molecule is CC(C)CC1(CNC(C)c2ccoc2)CC1. The van der Waals surface area contributed by atoms with Crippen LogP contribution in [0.4, 0.5) is 0 Å². The summed E-state index contributed by atoms with van der Waals surface area (Å²) in [6.07, 6.45) is 7.74. The molecule has 1 N–H and O–H groups in total. The van der Waals surface area contributed by atoms with E-state index in [0.717, 1.165) is 12.5 Å². The van der Waals surface area contributed by atoms with Crippen molar-refractivity contribution < 1.29 is 4.42 Å². The molecule has 1 aliphatic rings. The second-order valence-electron chi connectivity index (χ2n) is 5.76. The van der Waals surface area contributed by atoms with Crippen molar-refractivity contribution in [2.24, 2.45) is 11.3 Å². The van der Waals surface area contributed by atoms with Gasteiger partial charge in [-0.25, -0.2) is 0 Å². The van der Waals surface area contributed by atoms with Crippen LogP contribution in [0, 0.1) is 11.3 Å². The van der Waals surface area contributed by atoms with Gasteiger partial charge in [-0.05, 0) is 43.6 Å². The minimum atomic E-state index is 0.406. The molecule has 0 aromatic carbocycles. The molecule has 90 valence electrons. The van der Waals surface area contributed by atoms with Gasteiger partial charge in [0.05, 0.1) is 12.5 Å². The van der Waals surface area contributed by atoms with Crippen LogP contribution in [-0.2, 0) is 0 Å². The first-order valence-electron chi connectivity index (χ1n) is 6.37. The molecule has 1 saturated carbocycles. The second-order valence-corrected chi connectivity index (χ2v) is 5.76. The summed E-state index contributed by atoms with van der Waals surface area (Å²) in [5.74, 6) is 0.813. The summed E-state index contributed by atoms with van der Waals surface area (Å²) in [7, 11) is 0. The molecule has 0 aliphatic heterocycles. The summed E-state index contributed by atoms with van der Waals surface area (Å²) >= 11 is 0. The van der Waals surface area contributed by atoms with E-state index in [-0.39, 0.29) is 0 Å². The molecule has 1 aromatic rings. The highest BCUT2D eigenvalue weighted by atomic mass is 16.3. The van der Waals surface area contributed by atoms with Crippen molar-refractivity contribution in [1.29, 1.82) is 0 Å². The zero-order valence-corrected chi connectivity index (χ0v) is 10.6. The van der Waals surface area contributed by atoms with Crippen LogP contribution in [0.25, 0.3) is 0 Å². The standard InChI is InChI=1S/C14H23NO/c1-11(2)8-14(5-6-14)10-15-12(3)13-4-7-16-9-13/h4,7,9,11-12,15H,5-6,8,10H2,1-3H3. The smallest absolute Gasteiger partial charge is 0.0950 e. The van der Waals surface area contributed by atoms with Crippen LogP contribution in [0.1, 0.15) is 51.6 Å². The molecule has 1 atom stereocenters. The lowest BCUT2D eigenvalue weighted by Crippen LogP contribution is -2.27. The van der Waals surface area contributed by atoms with Gasteiger partial charge in [-0.15, -0.1) is 0 Å². The van der Waals surface area contributed by atoms with Crippen molar-refractivity contribution in [2.45, 2.75) is 46.1 Å². The number of hydrogen-bond acceptors (Lipinski definition) is 2. The van der Waals surface area contributed by atoms with Crippen LogP contribution in [0.5, 0.6) is 0 Å². The van der Waals surface area contributed by atoms with Gasteiger partial charge >= 0.3 is 0 Å². The fraction of sp³-hybridized carbons (Fsp3) is 0.714. The molecule has 2 rings (SSSR count). The zero-order chi connectivity index (χ0) is 11.6. The highest BCUT2D eigenvalue weighted by Gasteiger charge is 2.42. The number of rotatable bonds is 6. The molecule has 1 aromatic heterocycles. The molecular weight excluding hydrogens is 198 g/mol. The maximum atomic E-state index is 5.11. The van der Waals surface area contributed by atoms with Gasteiger partial charge in [0, 0.05) is 18.2 Å². The van der Waals surface area contributed by atoms with Gasteiger partial charge in [0.25, 0.3) is 0 Å². The third-order valence-electron chi connectivity index (χ3n) is 3.62. The third kappa shape index (κ3) is 2.88. The molecule has 0 amide bonds. The van der Waals surface area contributed by atoms with Gasteiger partial charge in [0.1, 0.15) is 0 Å². The minimum absolute atomic E-state index is 0.406. The summed E-state index contributed by atoms with van der Waals surface area (Å²) in [5, 5.41) is 3.63. The Hall–Kier alpha value is -0.760. The number of hydrogen-bond donors (Lipinski definition) is 1. The number of furan rings is 1. The molecule has 1 fully saturated rings. The molecule has 0 saturated heterocycles. The first-order valence-corrected chi connectivity index (χ1v) is 6.37. The van der Waals surface area contributed by atoms with E-state index in [2.05, 4.69) is 26.1 Å². The average molecular weight is 221 g/mol. The highest BCUT2D eigenvalue weighted by Crippen LogP contribution is 2.50. The number of nitrogens with one attached hydrogen (secondary N) is 1. The van der Waals surface area contributed by atoms with Crippen molar-refractivity contribution in [1.82, 2.24) is 5.32 Å². The van der Waals surface area contributed by atoms with Crippen molar-refractivity contribution in [3.8, 4) is 0 Å². The van der Waals surface area contributed by atoms with E-state index in [1.165, 1.54) is 24.8 Å². The Balaban J connectivity index is 1.79. The fourth-order valence-corrected chi connectivity index (χ4v) is 2.50. The van der Waals surface area contributed by atoms with Gasteiger partial charge in [-0.1, -0.05) is 13.8 Å². The lowest BCUT2D eigenvalue weighted by atomic mass is 9.94. The molecule has 2 heteroatoms. The lowest BCUT2D eigenvalue weighted by molar-refractivity contribution is 0.352. The third-order valence-corrected chi connectivity index (χ3v) is 3.62. The molecule has 2 nitrogen and oxygen atoms in total. The Labute approximate surface area is 98.4 Å². The maximum Gasteiger partial charge on any atom is 0.0950 e. The van der Waals surface area contributed by atoms with Crippen LogP contribution in [-0.4, -0.2) is 6.54 Å². The first-order chi connectivity index (χ1) is 7.61. The van der Waals surface area contributed by atoms with Gasteiger partial charge in [-0.2, -0.15) is 0 Å². The molecular formula is C14H23NO. The molecule has 0 bridgehead atoms. The minimum Gasteiger partial charge on any atom is -0.472 e. The van der Waals surface area contributed by atoms with E-state index >= 15 is 0 Å². The van der Waals surface area contributed by atoms with Crippen LogP contribution in [0.3, 0.4) is 0 Å². The Bertz CT molecular complexity index is 311. The second kappa shape index (κ2) is 4.62. The fourth-order valence-electron chi connectivity index (χ4n) is 2.50. The van der Waals surface area contributed by atoms with Crippen molar-refractivity contribution >= 4 is 0 Å². The average Bonchev–Trinajstić information content (AvgIpc) is 2.80. The van der Waals surface area contributed by atoms with Crippen LogP contribution in [0.2, 0.25) is 0 Å². The molecule has 1 aliphatic carbocycles. The summed E-state index contributed by atoms with van der Waals surface area (Å²) in [5.41, 5.74) is 1.85. The van der Waals surface area contributed by atoms with Gasteiger partial charge < -0.3 is 9.73 Å². The van der Waals surface area contributed by atoms with E-state index in [1.807, 2.05) is 12.3 Å². The summed E-state index contributed by atoms with van der Waals surface area (Å²) in [4.78, 5) is 0. The van der Waals surface area contributed by atoms with E-state index < -0.39 is 0 Å². The van der Waals surface area contributed by atoms with Gasteiger partial charge in [-0.3, -0.25) is 0 Å². The predicted molar refractivity (Wildman–Crippen MR) is 66.2 cm³/mol. The quantitative estimate of drug-likeness (QED) is 0.791. The Kier molecular flexibility index (Phi) is 3.38. The molecule has 0 radical (unpaired) electrons. The molecule has 0 spiro atoms. The van der Waals surface area contributed by atoms with Crippen molar-refractivity contribution in [3.63, 3.8) is 0 Å².